The fourth-order valence-corrected chi connectivity index (χ4v) is 4.04. The van der Waals surface area contributed by atoms with Crippen LogP contribution in [0.4, 0.5) is 0 Å². The van der Waals surface area contributed by atoms with E-state index in [0.717, 1.165) is 32.6 Å². The average molecular weight is 303 g/mol. The molecule has 0 bridgehead atoms. The number of methoxy groups -OCH3 is 1. The van der Waals surface area contributed by atoms with Crippen molar-refractivity contribution in [3.8, 4) is 0 Å². The van der Waals surface area contributed by atoms with Crippen molar-refractivity contribution in [1.29, 1.82) is 0 Å². The molecule has 0 radical (unpaired) electrons. The predicted molar refractivity (Wildman–Crippen MR) is 89.2 cm³/mol. The van der Waals surface area contributed by atoms with Crippen LogP contribution in [0.15, 0.2) is 30.3 Å². The van der Waals surface area contributed by atoms with E-state index in [1.54, 1.807) is 0 Å². The second-order valence-corrected chi connectivity index (χ2v) is 7.25. The molecule has 122 valence electrons. The molecule has 1 saturated carbocycles. The highest BCUT2D eigenvalue weighted by atomic mass is 16.5. The van der Waals surface area contributed by atoms with Crippen molar-refractivity contribution >= 4 is 0 Å². The lowest BCUT2D eigenvalue weighted by Crippen LogP contribution is -2.49. The monoisotopic (exact) mass is 303 g/mol. The molecule has 1 heterocycles. The zero-order valence-electron chi connectivity index (χ0n) is 13.9. The molecule has 1 N–H and O–H groups in total. The van der Waals surface area contributed by atoms with Crippen LogP contribution >= 0.6 is 0 Å². The summed E-state index contributed by atoms with van der Waals surface area (Å²) in [6, 6.07) is 11.6. The van der Waals surface area contributed by atoms with Gasteiger partial charge in [-0.3, -0.25) is 0 Å². The van der Waals surface area contributed by atoms with Crippen LogP contribution in [0.25, 0.3) is 0 Å². The molecule has 1 saturated heterocycles. The van der Waals surface area contributed by atoms with Crippen molar-refractivity contribution in [3.63, 3.8) is 0 Å². The van der Waals surface area contributed by atoms with Crippen LogP contribution in [0.5, 0.6) is 0 Å². The molecule has 0 spiro atoms. The van der Waals surface area contributed by atoms with Crippen LogP contribution in [-0.4, -0.2) is 38.5 Å². The van der Waals surface area contributed by atoms with Crippen LogP contribution < -0.4 is 5.32 Å². The van der Waals surface area contributed by atoms with E-state index < -0.39 is 0 Å². The van der Waals surface area contributed by atoms with Gasteiger partial charge < -0.3 is 14.8 Å². The summed E-state index contributed by atoms with van der Waals surface area (Å²) in [5, 5.41) is 3.79. The molecule has 0 aromatic heterocycles. The second-order valence-electron chi connectivity index (χ2n) is 7.25. The third-order valence-electron chi connectivity index (χ3n) is 5.76. The zero-order valence-corrected chi connectivity index (χ0v) is 13.9. The van der Waals surface area contributed by atoms with E-state index in [1.807, 2.05) is 7.11 Å². The van der Waals surface area contributed by atoms with Crippen LogP contribution in [0, 0.1) is 0 Å². The number of nitrogens with one attached hydrogen (secondary N) is 1. The normalized spacial score (nSPS) is 31.3. The van der Waals surface area contributed by atoms with Gasteiger partial charge in [-0.15, -0.1) is 0 Å². The minimum absolute atomic E-state index is 0.0238. The molecule has 2 unspecified atom stereocenters. The van der Waals surface area contributed by atoms with E-state index in [4.69, 9.17) is 9.47 Å². The third kappa shape index (κ3) is 3.37. The van der Waals surface area contributed by atoms with Gasteiger partial charge in [-0.2, -0.15) is 0 Å². The van der Waals surface area contributed by atoms with Crippen LogP contribution in [0.2, 0.25) is 0 Å². The van der Waals surface area contributed by atoms with E-state index in [2.05, 4.69) is 42.6 Å². The van der Waals surface area contributed by atoms with Crippen LogP contribution in [0.3, 0.4) is 0 Å². The van der Waals surface area contributed by atoms with Gasteiger partial charge in [-0.25, -0.2) is 0 Å². The molecule has 1 aromatic carbocycles. The van der Waals surface area contributed by atoms with Crippen molar-refractivity contribution in [2.24, 2.45) is 0 Å². The van der Waals surface area contributed by atoms with Crippen LogP contribution in [0.1, 0.15) is 44.6 Å². The van der Waals surface area contributed by atoms with Crippen molar-refractivity contribution in [3.05, 3.63) is 35.9 Å². The van der Waals surface area contributed by atoms with E-state index in [1.165, 1.54) is 24.8 Å². The third-order valence-corrected chi connectivity index (χ3v) is 5.76. The number of rotatable bonds is 5. The number of hydrogen-bond acceptors (Lipinski definition) is 3. The van der Waals surface area contributed by atoms with E-state index in [-0.39, 0.29) is 5.60 Å². The molecule has 22 heavy (non-hydrogen) atoms. The Kier molecular flexibility index (Phi) is 4.86. The fourth-order valence-electron chi connectivity index (χ4n) is 4.04. The molecule has 1 aliphatic carbocycles. The first-order valence-corrected chi connectivity index (χ1v) is 8.58. The first-order valence-electron chi connectivity index (χ1n) is 8.58. The number of hydrogen-bond donors (Lipinski definition) is 1. The Bertz CT molecular complexity index is 470. The summed E-state index contributed by atoms with van der Waals surface area (Å²) < 4.78 is 11.3. The summed E-state index contributed by atoms with van der Waals surface area (Å²) in [5.74, 6) is 0. The van der Waals surface area contributed by atoms with Gasteiger partial charge in [-0.05, 0) is 30.2 Å². The van der Waals surface area contributed by atoms with Gasteiger partial charge in [0.1, 0.15) is 0 Å². The smallest absolute Gasteiger partial charge is 0.0846 e. The largest absolute Gasteiger partial charge is 0.381 e. The minimum atomic E-state index is -0.0238. The van der Waals surface area contributed by atoms with Gasteiger partial charge in [0.15, 0.2) is 0 Å². The van der Waals surface area contributed by atoms with Gasteiger partial charge in [0.25, 0.3) is 0 Å². The number of benzene rings is 1. The maximum atomic E-state index is 5.83. The SMILES string of the molecule is COC1(CNC2CCC(C)(c3ccccc3)C2)CCOCC1. The number of ether oxygens (including phenoxy) is 2. The summed E-state index contributed by atoms with van der Waals surface area (Å²) in [4.78, 5) is 0. The minimum Gasteiger partial charge on any atom is -0.381 e. The Morgan fingerprint density at radius 1 is 1.18 bits per heavy atom. The topological polar surface area (TPSA) is 30.5 Å². The second kappa shape index (κ2) is 6.69. The molecular formula is C19H29NO2. The highest BCUT2D eigenvalue weighted by molar-refractivity contribution is 5.26. The summed E-state index contributed by atoms with van der Waals surface area (Å²) in [7, 11) is 1.84. The Morgan fingerprint density at radius 3 is 2.59 bits per heavy atom. The van der Waals surface area contributed by atoms with Crippen molar-refractivity contribution in [2.45, 2.75) is 56.1 Å². The molecule has 3 nitrogen and oxygen atoms in total. The van der Waals surface area contributed by atoms with Gasteiger partial charge >= 0.3 is 0 Å². The highest BCUT2D eigenvalue weighted by Gasteiger charge is 2.38. The lowest BCUT2D eigenvalue weighted by atomic mass is 9.81. The molecule has 3 heteroatoms. The molecule has 3 rings (SSSR count). The first kappa shape index (κ1) is 16.0. The molecule has 1 aliphatic heterocycles. The Hall–Kier alpha value is -0.900. The Balaban J connectivity index is 1.57. The van der Waals surface area contributed by atoms with Crippen molar-refractivity contribution in [2.75, 3.05) is 26.9 Å². The molecule has 2 atom stereocenters. The quantitative estimate of drug-likeness (QED) is 0.905. The first-order chi connectivity index (χ1) is 10.7. The fraction of sp³-hybridized carbons (Fsp3) is 0.684. The lowest BCUT2D eigenvalue weighted by molar-refractivity contribution is -0.0886. The maximum Gasteiger partial charge on any atom is 0.0846 e. The molecular weight excluding hydrogens is 274 g/mol. The van der Waals surface area contributed by atoms with Crippen molar-refractivity contribution in [1.82, 2.24) is 5.32 Å². The molecule has 1 aromatic rings. The average Bonchev–Trinajstić information content (AvgIpc) is 2.98. The van der Waals surface area contributed by atoms with Gasteiger partial charge in [0.05, 0.1) is 5.60 Å². The molecule has 2 aliphatic rings. The highest BCUT2D eigenvalue weighted by Crippen LogP contribution is 2.40. The predicted octanol–water partition coefficient (Wildman–Crippen LogP) is 3.28. The van der Waals surface area contributed by atoms with E-state index in [0.29, 0.717) is 11.5 Å². The van der Waals surface area contributed by atoms with Gasteiger partial charge in [0.2, 0.25) is 0 Å². The zero-order chi connectivity index (χ0) is 15.5. The van der Waals surface area contributed by atoms with Crippen LogP contribution in [-0.2, 0) is 14.9 Å². The Labute approximate surface area is 134 Å². The summed E-state index contributed by atoms with van der Waals surface area (Å²) in [5.41, 5.74) is 1.77. The van der Waals surface area contributed by atoms with Gasteiger partial charge in [0, 0.05) is 45.8 Å². The van der Waals surface area contributed by atoms with E-state index >= 15 is 0 Å². The lowest BCUT2D eigenvalue weighted by Gasteiger charge is -2.37. The summed E-state index contributed by atoms with van der Waals surface area (Å²) in [6.07, 6.45) is 5.73. The van der Waals surface area contributed by atoms with Gasteiger partial charge in [-0.1, -0.05) is 37.3 Å². The molecule has 0 amide bonds. The Morgan fingerprint density at radius 2 is 1.91 bits per heavy atom. The summed E-state index contributed by atoms with van der Waals surface area (Å²) >= 11 is 0. The molecule has 2 fully saturated rings. The van der Waals surface area contributed by atoms with E-state index in [9.17, 15) is 0 Å². The maximum absolute atomic E-state index is 5.83. The van der Waals surface area contributed by atoms with Crippen molar-refractivity contribution < 1.29 is 9.47 Å². The standard InChI is InChI=1S/C19H29NO2/c1-18(16-6-4-3-5-7-16)9-8-17(14-18)20-15-19(21-2)10-12-22-13-11-19/h3-7,17,20H,8-15H2,1-2H3. The summed E-state index contributed by atoms with van der Waals surface area (Å²) in [6.45, 7) is 5.00.